The van der Waals surface area contributed by atoms with Crippen LogP contribution < -0.4 is 5.73 Å². The Labute approximate surface area is 113 Å². The minimum atomic E-state index is -0.637. The van der Waals surface area contributed by atoms with Crippen LogP contribution in [0.5, 0.6) is 0 Å². The standard InChI is InChI=1S/C13H23N3O3/c1-8(14)12(18)15(4)9(2)13(19)16-7-5-6-11(16)10(3)17/h8-9,11H,5-7,14H2,1-4H3. The van der Waals surface area contributed by atoms with Gasteiger partial charge in [-0.1, -0.05) is 0 Å². The average Bonchev–Trinajstić information content (AvgIpc) is 2.84. The molecule has 1 fully saturated rings. The summed E-state index contributed by atoms with van der Waals surface area (Å²) >= 11 is 0. The molecule has 0 aromatic rings. The molecule has 1 heterocycles. The Morgan fingerprint density at radius 2 is 1.89 bits per heavy atom. The summed E-state index contributed by atoms with van der Waals surface area (Å²) in [6, 6.07) is -1.57. The van der Waals surface area contributed by atoms with Gasteiger partial charge in [0, 0.05) is 13.6 Å². The minimum Gasteiger partial charge on any atom is -0.333 e. The molecular weight excluding hydrogens is 246 g/mol. The molecule has 108 valence electrons. The molecule has 0 saturated carbocycles. The summed E-state index contributed by atoms with van der Waals surface area (Å²) in [4.78, 5) is 38.6. The number of carbonyl (C=O) groups excluding carboxylic acids is 3. The van der Waals surface area contributed by atoms with Crippen LogP contribution in [-0.2, 0) is 14.4 Å². The van der Waals surface area contributed by atoms with Gasteiger partial charge in [0.2, 0.25) is 11.8 Å². The summed E-state index contributed by atoms with van der Waals surface area (Å²) in [5.41, 5.74) is 5.53. The maximum absolute atomic E-state index is 12.4. The highest BCUT2D eigenvalue weighted by Gasteiger charge is 2.36. The second kappa shape index (κ2) is 6.14. The number of nitrogens with zero attached hydrogens (tertiary/aromatic N) is 2. The lowest BCUT2D eigenvalue weighted by atomic mass is 10.1. The Morgan fingerprint density at radius 3 is 2.37 bits per heavy atom. The topological polar surface area (TPSA) is 83.7 Å². The molecule has 0 radical (unpaired) electrons. The number of ketones is 1. The van der Waals surface area contributed by atoms with Gasteiger partial charge >= 0.3 is 0 Å². The first-order valence-corrected chi connectivity index (χ1v) is 6.60. The summed E-state index contributed by atoms with van der Waals surface area (Å²) in [6.07, 6.45) is 1.53. The molecule has 3 unspecified atom stereocenters. The van der Waals surface area contributed by atoms with Crippen molar-refractivity contribution in [1.82, 2.24) is 9.80 Å². The van der Waals surface area contributed by atoms with E-state index in [0.29, 0.717) is 13.0 Å². The van der Waals surface area contributed by atoms with Crippen molar-refractivity contribution in [3.8, 4) is 0 Å². The van der Waals surface area contributed by atoms with Gasteiger partial charge in [-0.2, -0.15) is 0 Å². The van der Waals surface area contributed by atoms with Crippen molar-refractivity contribution in [2.24, 2.45) is 5.73 Å². The third-order valence-corrected chi connectivity index (χ3v) is 3.68. The smallest absolute Gasteiger partial charge is 0.245 e. The highest BCUT2D eigenvalue weighted by atomic mass is 16.2. The van der Waals surface area contributed by atoms with E-state index >= 15 is 0 Å². The van der Waals surface area contributed by atoms with Crippen molar-refractivity contribution in [2.45, 2.75) is 51.7 Å². The number of Topliss-reactive ketones (excluding diaryl/α,β-unsaturated/α-hetero) is 1. The summed E-state index contributed by atoms with van der Waals surface area (Å²) in [6.45, 7) is 5.33. The predicted octanol–water partition coefficient (Wildman–Crippen LogP) is -0.239. The van der Waals surface area contributed by atoms with Crippen molar-refractivity contribution in [3.05, 3.63) is 0 Å². The Morgan fingerprint density at radius 1 is 1.32 bits per heavy atom. The lowest BCUT2D eigenvalue weighted by molar-refractivity contribution is -0.146. The zero-order valence-corrected chi connectivity index (χ0v) is 12.0. The number of carbonyl (C=O) groups is 3. The number of hydrogen-bond donors (Lipinski definition) is 1. The molecule has 6 nitrogen and oxygen atoms in total. The van der Waals surface area contributed by atoms with Gasteiger partial charge in [-0.15, -0.1) is 0 Å². The van der Waals surface area contributed by atoms with Crippen LogP contribution in [0, 0.1) is 0 Å². The normalized spacial score (nSPS) is 21.9. The van der Waals surface area contributed by atoms with Crippen LogP contribution in [0.2, 0.25) is 0 Å². The lowest BCUT2D eigenvalue weighted by Crippen LogP contribution is -2.53. The molecule has 1 aliphatic heterocycles. The van der Waals surface area contributed by atoms with Gasteiger partial charge in [-0.25, -0.2) is 0 Å². The van der Waals surface area contributed by atoms with E-state index in [4.69, 9.17) is 5.73 Å². The quantitative estimate of drug-likeness (QED) is 0.763. The van der Waals surface area contributed by atoms with Crippen LogP contribution in [0.15, 0.2) is 0 Å². The number of likely N-dealkylation sites (tertiary alicyclic amines) is 1. The van der Waals surface area contributed by atoms with E-state index in [2.05, 4.69) is 0 Å². The zero-order chi connectivity index (χ0) is 14.7. The zero-order valence-electron chi connectivity index (χ0n) is 12.0. The molecule has 0 aromatic heterocycles. The third kappa shape index (κ3) is 3.32. The van der Waals surface area contributed by atoms with Gasteiger partial charge in [0.15, 0.2) is 5.78 Å². The van der Waals surface area contributed by atoms with E-state index < -0.39 is 12.1 Å². The molecule has 1 saturated heterocycles. The molecule has 6 heteroatoms. The monoisotopic (exact) mass is 269 g/mol. The van der Waals surface area contributed by atoms with Crippen LogP contribution in [0.4, 0.5) is 0 Å². The van der Waals surface area contributed by atoms with E-state index in [9.17, 15) is 14.4 Å². The third-order valence-electron chi connectivity index (χ3n) is 3.68. The Bertz CT molecular complexity index is 381. The maximum atomic E-state index is 12.4. The lowest BCUT2D eigenvalue weighted by Gasteiger charge is -2.31. The average molecular weight is 269 g/mol. The summed E-state index contributed by atoms with van der Waals surface area (Å²) < 4.78 is 0. The molecule has 19 heavy (non-hydrogen) atoms. The van der Waals surface area contributed by atoms with Gasteiger partial charge in [0.1, 0.15) is 6.04 Å². The van der Waals surface area contributed by atoms with Gasteiger partial charge in [-0.05, 0) is 33.6 Å². The molecule has 0 spiro atoms. The van der Waals surface area contributed by atoms with Gasteiger partial charge in [-0.3, -0.25) is 14.4 Å². The van der Waals surface area contributed by atoms with E-state index in [1.807, 2.05) is 0 Å². The van der Waals surface area contributed by atoms with Crippen LogP contribution in [0.25, 0.3) is 0 Å². The Hall–Kier alpha value is -1.43. The molecule has 0 aromatic carbocycles. The fourth-order valence-electron chi connectivity index (χ4n) is 2.37. The van der Waals surface area contributed by atoms with Crippen LogP contribution >= 0.6 is 0 Å². The van der Waals surface area contributed by atoms with Gasteiger partial charge in [0.05, 0.1) is 12.1 Å². The first-order valence-electron chi connectivity index (χ1n) is 6.60. The summed E-state index contributed by atoms with van der Waals surface area (Å²) in [7, 11) is 1.56. The van der Waals surface area contributed by atoms with E-state index in [1.165, 1.54) is 11.8 Å². The van der Waals surface area contributed by atoms with E-state index in [1.54, 1.807) is 25.8 Å². The molecular formula is C13H23N3O3. The number of hydrogen-bond acceptors (Lipinski definition) is 4. The highest BCUT2D eigenvalue weighted by molar-refractivity contribution is 5.93. The molecule has 0 aliphatic carbocycles. The van der Waals surface area contributed by atoms with Crippen LogP contribution in [0.1, 0.15) is 33.6 Å². The second-order valence-electron chi connectivity index (χ2n) is 5.21. The number of likely N-dealkylation sites (N-methyl/N-ethyl adjacent to an activating group) is 1. The SMILES string of the molecule is CC(=O)C1CCCN1C(=O)C(C)N(C)C(=O)C(C)N. The molecule has 2 amide bonds. The first-order chi connectivity index (χ1) is 8.77. The van der Waals surface area contributed by atoms with Crippen molar-refractivity contribution in [3.63, 3.8) is 0 Å². The van der Waals surface area contributed by atoms with Crippen LogP contribution in [-0.4, -0.2) is 59.1 Å². The molecule has 1 aliphatic rings. The minimum absolute atomic E-state index is 0.000720. The predicted molar refractivity (Wildman–Crippen MR) is 71.3 cm³/mol. The Balaban J connectivity index is 2.76. The number of rotatable bonds is 4. The number of amides is 2. The van der Waals surface area contributed by atoms with Crippen molar-refractivity contribution >= 4 is 17.6 Å². The molecule has 2 N–H and O–H groups in total. The second-order valence-corrected chi connectivity index (χ2v) is 5.21. The Kier molecular flexibility index (Phi) is 5.05. The van der Waals surface area contributed by atoms with Crippen molar-refractivity contribution in [1.29, 1.82) is 0 Å². The fraction of sp³-hybridized carbons (Fsp3) is 0.769. The van der Waals surface area contributed by atoms with Crippen LogP contribution in [0.3, 0.4) is 0 Å². The van der Waals surface area contributed by atoms with Gasteiger partial charge < -0.3 is 15.5 Å². The van der Waals surface area contributed by atoms with Crippen molar-refractivity contribution < 1.29 is 14.4 Å². The van der Waals surface area contributed by atoms with E-state index in [-0.39, 0.29) is 23.6 Å². The number of nitrogens with two attached hydrogens (primary N) is 1. The van der Waals surface area contributed by atoms with E-state index in [0.717, 1.165) is 6.42 Å². The fourth-order valence-corrected chi connectivity index (χ4v) is 2.37. The largest absolute Gasteiger partial charge is 0.333 e. The molecule has 1 rings (SSSR count). The summed E-state index contributed by atoms with van der Waals surface area (Å²) in [5, 5.41) is 0. The highest BCUT2D eigenvalue weighted by Crippen LogP contribution is 2.20. The maximum Gasteiger partial charge on any atom is 0.245 e. The molecule has 3 atom stereocenters. The molecule has 0 bridgehead atoms. The summed E-state index contributed by atoms with van der Waals surface area (Å²) in [5.74, 6) is -0.465. The van der Waals surface area contributed by atoms with Crippen molar-refractivity contribution in [2.75, 3.05) is 13.6 Å². The van der Waals surface area contributed by atoms with Gasteiger partial charge in [0.25, 0.3) is 0 Å². The first kappa shape index (κ1) is 15.6.